The van der Waals surface area contributed by atoms with Crippen LogP contribution in [-0.2, 0) is 11.2 Å². The van der Waals surface area contributed by atoms with Gasteiger partial charge in [0.15, 0.2) is 0 Å². The first-order valence-electron chi connectivity index (χ1n) is 9.57. The molecule has 0 atom stereocenters. The van der Waals surface area contributed by atoms with E-state index in [1.807, 2.05) is 63.2 Å². The maximum absolute atomic E-state index is 12.5. The second-order valence-corrected chi connectivity index (χ2v) is 7.63. The Labute approximate surface area is 166 Å². The molecule has 0 spiro atoms. The Balaban J connectivity index is 1.65. The van der Waals surface area contributed by atoms with Crippen LogP contribution in [0.25, 0.3) is 10.8 Å². The average Bonchev–Trinajstić information content (AvgIpc) is 2.68. The minimum absolute atomic E-state index is 0.0827. The molecule has 0 saturated carbocycles. The number of fused-ring (bicyclic) bond motifs is 1. The van der Waals surface area contributed by atoms with Crippen LogP contribution in [0.4, 0.5) is 5.69 Å². The minimum atomic E-state index is -0.248. The minimum Gasteiger partial charge on any atom is -0.347 e. The summed E-state index contributed by atoms with van der Waals surface area (Å²) in [6.45, 7) is 6.02. The molecule has 3 aromatic carbocycles. The van der Waals surface area contributed by atoms with Gasteiger partial charge in [-0.25, -0.2) is 0 Å². The highest BCUT2D eigenvalue weighted by atomic mass is 16.2. The van der Waals surface area contributed by atoms with Gasteiger partial charge in [0, 0.05) is 16.8 Å². The molecule has 0 fully saturated rings. The Morgan fingerprint density at radius 2 is 1.57 bits per heavy atom. The Morgan fingerprint density at radius 3 is 2.29 bits per heavy atom. The average molecular weight is 374 g/mol. The molecule has 2 amide bonds. The third kappa shape index (κ3) is 4.77. The fourth-order valence-corrected chi connectivity index (χ4v) is 3.00. The number of hydrogen-bond acceptors (Lipinski definition) is 2. The zero-order chi connectivity index (χ0) is 20.1. The molecule has 3 aromatic rings. The van der Waals surface area contributed by atoms with Crippen LogP contribution in [0.5, 0.6) is 0 Å². The SMILES string of the molecule is CCC(C)(C)NC(=O)c1ccc(NC(=O)Cc2cccc3ccccc23)cc1. The van der Waals surface area contributed by atoms with Crippen LogP contribution < -0.4 is 10.6 Å². The van der Waals surface area contributed by atoms with Crippen LogP contribution in [0.15, 0.2) is 66.7 Å². The van der Waals surface area contributed by atoms with Gasteiger partial charge < -0.3 is 10.6 Å². The summed E-state index contributed by atoms with van der Waals surface area (Å²) in [5, 5.41) is 8.13. The summed E-state index contributed by atoms with van der Waals surface area (Å²) in [7, 11) is 0. The van der Waals surface area contributed by atoms with Crippen molar-refractivity contribution in [2.45, 2.75) is 39.2 Å². The van der Waals surface area contributed by atoms with Crippen molar-refractivity contribution in [1.82, 2.24) is 5.32 Å². The molecular weight excluding hydrogens is 348 g/mol. The van der Waals surface area contributed by atoms with Gasteiger partial charge in [-0.05, 0) is 60.9 Å². The molecule has 0 aliphatic rings. The number of carbonyl (C=O) groups is 2. The lowest BCUT2D eigenvalue weighted by atomic mass is 10.0. The van der Waals surface area contributed by atoms with E-state index in [1.54, 1.807) is 24.3 Å². The van der Waals surface area contributed by atoms with E-state index in [2.05, 4.69) is 10.6 Å². The van der Waals surface area contributed by atoms with E-state index in [4.69, 9.17) is 0 Å². The summed E-state index contributed by atoms with van der Waals surface area (Å²) in [4.78, 5) is 24.8. The van der Waals surface area contributed by atoms with Gasteiger partial charge in [0.1, 0.15) is 0 Å². The molecule has 144 valence electrons. The number of hydrogen-bond donors (Lipinski definition) is 2. The smallest absolute Gasteiger partial charge is 0.251 e. The number of nitrogens with one attached hydrogen (secondary N) is 2. The van der Waals surface area contributed by atoms with E-state index in [9.17, 15) is 9.59 Å². The summed E-state index contributed by atoms with van der Waals surface area (Å²) in [6, 6.07) is 21.0. The van der Waals surface area contributed by atoms with Crippen molar-refractivity contribution in [3.05, 3.63) is 77.9 Å². The molecule has 0 bridgehead atoms. The van der Waals surface area contributed by atoms with Crippen LogP contribution in [-0.4, -0.2) is 17.4 Å². The zero-order valence-corrected chi connectivity index (χ0v) is 16.6. The fraction of sp³-hybridized carbons (Fsp3) is 0.250. The molecule has 0 heterocycles. The maximum Gasteiger partial charge on any atom is 0.251 e. The summed E-state index contributed by atoms with van der Waals surface area (Å²) in [5.41, 5.74) is 2.00. The molecule has 0 aliphatic carbocycles. The predicted octanol–water partition coefficient (Wildman–Crippen LogP) is 4.94. The molecule has 4 heteroatoms. The van der Waals surface area contributed by atoms with Crippen molar-refractivity contribution in [1.29, 1.82) is 0 Å². The lowest BCUT2D eigenvalue weighted by molar-refractivity contribution is -0.115. The molecule has 0 saturated heterocycles. The van der Waals surface area contributed by atoms with Crippen molar-refractivity contribution in [3.63, 3.8) is 0 Å². The van der Waals surface area contributed by atoms with E-state index in [0.717, 1.165) is 22.8 Å². The molecule has 2 N–H and O–H groups in total. The Morgan fingerprint density at radius 1 is 0.893 bits per heavy atom. The molecule has 3 rings (SSSR count). The monoisotopic (exact) mass is 374 g/mol. The standard InChI is InChI=1S/C24H26N2O2/c1-4-24(2,3)26-23(28)18-12-14-20(15-13-18)25-22(27)16-19-10-7-9-17-8-5-6-11-21(17)19/h5-15H,4,16H2,1-3H3,(H,25,27)(H,26,28). The highest BCUT2D eigenvalue weighted by Gasteiger charge is 2.18. The van der Waals surface area contributed by atoms with Crippen LogP contribution in [0.2, 0.25) is 0 Å². The maximum atomic E-state index is 12.5. The van der Waals surface area contributed by atoms with Gasteiger partial charge in [-0.3, -0.25) is 9.59 Å². The highest BCUT2D eigenvalue weighted by molar-refractivity contribution is 5.98. The summed E-state index contributed by atoms with van der Waals surface area (Å²) >= 11 is 0. The lowest BCUT2D eigenvalue weighted by Crippen LogP contribution is -2.42. The van der Waals surface area contributed by atoms with E-state index in [0.29, 0.717) is 17.7 Å². The van der Waals surface area contributed by atoms with E-state index >= 15 is 0 Å². The first-order valence-corrected chi connectivity index (χ1v) is 9.57. The van der Waals surface area contributed by atoms with Crippen LogP contribution in [0, 0.1) is 0 Å². The third-order valence-corrected chi connectivity index (χ3v) is 5.00. The Bertz CT molecular complexity index is 986. The zero-order valence-electron chi connectivity index (χ0n) is 16.6. The number of rotatable bonds is 6. The highest BCUT2D eigenvalue weighted by Crippen LogP contribution is 2.19. The van der Waals surface area contributed by atoms with Crippen molar-refractivity contribution in [2.75, 3.05) is 5.32 Å². The topological polar surface area (TPSA) is 58.2 Å². The summed E-state index contributed by atoms with van der Waals surface area (Å²) in [5.74, 6) is -0.193. The Kier molecular flexibility index (Phi) is 5.78. The van der Waals surface area contributed by atoms with Gasteiger partial charge in [0.2, 0.25) is 5.91 Å². The molecule has 4 nitrogen and oxygen atoms in total. The molecule has 28 heavy (non-hydrogen) atoms. The fourth-order valence-electron chi connectivity index (χ4n) is 3.00. The summed E-state index contributed by atoms with van der Waals surface area (Å²) in [6.07, 6.45) is 1.15. The molecule has 0 aliphatic heterocycles. The van der Waals surface area contributed by atoms with Gasteiger partial charge >= 0.3 is 0 Å². The van der Waals surface area contributed by atoms with Gasteiger partial charge in [-0.15, -0.1) is 0 Å². The molecular formula is C24H26N2O2. The number of benzene rings is 3. The number of anilines is 1. The van der Waals surface area contributed by atoms with Crippen LogP contribution in [0.1, 0.15) is 43.1 Å². The number of carbonyl (C=O) groups excluding carboxylic acids is 2. The van der Waals surface area contributed by atoms with Gasteiger partial charge in [0.25, 0.3) is 5.91 Å². The van der Waals surface area contributed by atoms with Crippen molar-refractivity contribution in [2.24, 2.45) is 0 Å². The van der Waals surface area contributed by atoms with E-state index in [-0.39, 0.29) is 17.4 Å². The van der Waals surface area contributed by atoms with Gasteiger partial charge in [-0.2, -0.15) is 0 Å². The lowest BCUT2D eigenvalue weighted by Gasteiger charge is -2.24. The molecule has 0 unspecified atom stereocenters. The first kappa shape index (κ1) is 19.6. The van der Waals surface area contributed by atoms with Crippen molar-refractivity contribution >= 4 is 28.3 Å². The third-order valence-electron chi connectivity index (χ3n) is 5.00. The van der Waals surface area contributed by atoms with E-state index in [1.165, 1.54) is 0 Å². The summed E-state index contributed by atoms with van der Waals surface area (Å²) < 4.78 is 0. The Hall–Kier alpha value is -3.14. The van der Waals surface area contributed by atoms with Gasteiger partial charge in [0.05, 0.1) is 6.42 Å². The van der Waals surface area contributed by atoms with Crippen LogP contribution in [0.3, 0.4) is 0 Å². The van der Waals surface area contributed by atoms with Crippen molar-refractivity contribution < 1.29 is 9.59 Å². The number of amides is 2. The molecule has 0 radical (unpaired) electrons. The quantitative estimate of drug-likeness (QED) is 0.642. The largest absolute Gasteiger partial charge is 0.347 e. The second-order valence-electron chi connectivity index (χ2n) is 7.63. The predicted molar refractivity (Wildman–Crippen MR) is 115 cm³/mol. The molecule has 0 aromatic heterocycles. The normalized spacial score (nSPS) is 11.2. The van der Waals surface area contributed by atoms with Crippen molar-refractivity contribution in [3.8, 4) is 0 Å². The second kappa shape index (κ2) is 8.26. The van der Waals surface area contributed by atoms with Gasteiger partial charge in [-0.1, -0.05) is 49.4 Å². The van der Waals surface area contributed by atoms with E-state index < -0.39 is 0 Å². The van der Waals surface area contributed by atoms with Crippen LogP contribution >= 0.6 is 0 Å². The first-order chi connectivity index (χ1) is 13.4.